The van der Waals surface area contributed by atoms with Gasteiger partial charge < -0.3 is 9.47 Å². The van der Waals surface area contributed by atoms with Crippen LogP contribution in [0.1, 0.15) is 27.2 Å². The summed E-state index contributed by atoms with van der Waals surface area (Å²) in [6.45, 7) is 5.37. The Kier molecular flexibility index (Phi) is 6.28. The van der Waals surface area contributed by atoms with Gasteiger partial charge in [-0.3, -0.25) is 4.79 Å². The molecule has 0 fully saturated rings. The number of esters is 2. The topological polar surface area (TPSA) is 52.6 Å². The SMILES string of the molecule is CC(=O)O[C@H](C[C@@H]1C=C(CSc2ccccc2)C(=O)O1)C(C)C. The van der Waals surface area contributed by atoms with E-state index in [0.29, 0.717) is 17.7 Å². The molecule has 0 saturated carbocycles. The van der Waals surface area contributed by atoms with Crippen LogP contribution in [0.4, 0.5) is 0 Å². The maximum atomic E-state index is 12.0. The smallest absolute Gasteiger partial charge is 0.335 e. The first-order valence-electron chi connectivity index (χ1n) is 7.72. The molecule has 124 valence electrons. The van der Waals surface area contributed by atoms with E-state index < -0.39 is 0 Å². The molecule has 2 rings (SSSR count). The minimum atomic E-state index is -0.319. The van der Waals surface area contributed by atoms with E-state index in [1.807, 2.05) is 50.3 Å². The quantitative estimate of drug-likeness (QED) is 0.563. The number of hydrogen-bond acceptors (Lipinski definition) is 5. The van der Waals surface area contributed by atoms with Gasteiger partial charge in [0.15, 0.2) is 0 Å². The summed E-state index contributed by atoms with van der Waals surface area (Å²) < 4.78 is 10.7. The summed E-state index contributed by atoms with van der Waals surface area (Å²) in [7, 11) is 0. The van der Waals surface area contributed by atoms with Crippen molar-refractivity contribution in [2.75, 3.05) is 5.75 Å². The molecule has 0 saturated heterocycles. The Morgan fingerprint density at radius 2 is 2.00 bits per heavy atom. The van der Waals surface area contributed by atoms with Gasteiger partial charge in [0.25, 0.3) is 0 Å². The third-order valence-electron chi connectivity index (χ3n) is 3.57. The van der Waals surface area contributed by atoms with Gasteiger partial charge in [0.2, 0.25) is 0 Å². The summed E-state index contributed by atoms with van der Waals surface area (Å²) in [4.78, 5) is 24.3. The van der Waals surface area contributed by atoms with Crippen LogP contribution in [0, 0.1) is 5.92 Å². The second-order valence-corrected chi connectivity index (χ2v) is 6.91. The number of hydrogen-bond donors (Lipinski definition) is 0. The highest BCUT2D eigenvalue weighted by Crippen LogP contribution is 2.27. The van der Waals surface area contributed by atoms with Crippen molar-refractivity contribution in [3.8, 4) is 0 Å². The fourth-order valence-corrected chi connectivity index (χ4v) is 3.22. The summed E-state index contributed by atoms with van der Waals surface area (Å²) in [5.74, 6) is 0.175. The second-order valence-electron chi connectivity index (χ2n) is 5.86. The van der Waals surface area contributed by atoms with Gasteiger partial charge in [0, 0.05) is 29.6 Å². The van der Waals surface area contributed by atoms with Crippen molar-refractivity contribution in [1.82, 2.24) is 0 Å². The normalized spacial score (nSPS) is 18.5. The average molecular weight is 334 g/mol. The van der Waals surface area contributed by atoms with Gasteiger partial charge in [0.1, 0.15) is 12.2 Å². The monoisotopic (exact) mass is 334 g/mol. The first kappa shape index (κ1) is 17.6. The third kappa shape index (κ3) is 5.43. The minimum Gasteiger partial charge on any atom is -0.462 e. The van der Waals surface area contributed by atoms with Crippen LogP contribution in [0.2, 0.25) is 0 Å². The fourth-order valence-electron chi connectivity index (χ4n) is 2.34. The van der Waals surface area contributed by atoms with E-state index in [4.69, 9.17) is 9.47 Å². The van der Waals surface area contributed by atoms with E-state index in [1.165, 1.54) is 6.92 Å². The predicted molar refractivity (Wildman–Crippen MR) is 90.1 cm³/mol. The van der Waals surface area contributed by atoms with Crippen molar-refractivity contribution >= 4 is 23.7 Å². The molecule has 2 atom stereocenters. The molecule has 1 aromatic rings. The minimum absolute atomic E-state index is 0.175. The van der Waals surface area contributed by atoms with Crippen molar-refractivity contribution in [3.05, 3.63) is 42.0 Å². The Labute approximate surface area is 141 Å². The van der Waals surface area contributed by atoms with E-state index >= 15 is 0 Å². The molecule has 1 heterocycles. The van der Waals surface area contributed by atoms with E-state index in [2.05, 4.69) is 0 Å². The van der Waals surface area contributed by atoms with E-state index in [-0.39, 0.29) is 30.1 Å². The summed E-state index contributed by atoms with van der Waals surface area (Å²) in [6, 6.07) is 9.93. The number of benzene rings is 1. The first-order valence-corrected chi connectivity index (χ1v) is 8.71. The van der Waals surface area contributed by atoms with Crippen molar-refractivity contribution in [2.45, 2.75) is 44.3 Å². The number of cyclic esters (lactones) is 1. The highest BCUT2D eigenvalue weighted by molar-refractivity contribution is 7.99. The zero-order valence-electron chi connectivity index (χ0n) is 13.7. The molecule has 1 aliphatic rings. The molecule has 0 spiro atoms. The lowest BCUT2D eigenvalue weighted by molar-refractivity contribution is -0.151. The van der Waals surface area contributed by atoms with Gasteiger partial charge in [-0.05, 0) is 24.1 Å². The Hall–Kier alpha value is -1.75. The summed E-state index contributed by atoms with van der Waals surface area (Å²) >= 11 is 1.60. The lowest BCUT2D eigenvalue weighted by atomic mass is 10.0. The van der Waals surface area contributed by atoms with Gasteiger partial charge >= 0.3 is 11.9 Å². The molecule has 23 heavy (non-hydrogen) atoms. The van der Waals surface area contributed by atoms with Gasteiger partial charge in [-0.2, -0.15) is 0 Å². The van der Waals surface area contributed by atoms with Crippen LogP contribution in [0.15, 0.2) is 46.9 Å². The number of thioether (sulfide) groups is 1. The molecular weight excluding hydrogens is 312 g/mol. The molecule has 5 heteroatoms. The molecule has 0 radical (unpaired) electrons. The maximum absolute atomic E-state index is 12.0. The number of rotatable bonds is 7. The summed E-state index contributed by atoms with van der Waals surface area (Å²) in [6.07, 6.45) is 1.79. The fraction of sp³-hybridized carbons (Fsp3) is 0.444. The Bertz CT molecular complexity index is 580. The van der Waals surface area contributed by atoms with E-state index in [0.717, 1.165) is 4.90 Å². The van der Waals surface area contributed by atoms with Crippen molar-refractivity contribution < 1.29 is 19.1 Å². The average Bonchev–Trinajstić information content (AvgIpc) is 2.85. The molecule has 0 aliphatic carbocycles. The van der Waals surface area contributed by atoms with Crippen LogP contribution in [-0.2, 0) is 19.1 Å². The van der Waals surface area contributed by atoms with Crippen LogP contribution in [0.5, 0.6) is 0 Å². The van der Waals surface area contributed by atoms with Crippen LogP contribution in [0.3, 0.4) is 0 Å². The highest BCUT2D eigenvalue weighted by atomic mass is 32.2. The number of carbonyl (C=O) groups excluding carboxylic acids is 2. The molecule has 0 amide bonds. The van der Waals surface area contributed by atoms with Crippen molar-refractivity contribution in [1.29, 1.82) is 0 Å². The number of ether oxygens (including phenoxy) is 2. The maximum Gasteiger partial charge on any atom is 0.335 e. The summed E-state index contributed by atoms with van der Waals surface area (Å²) in [5, 5.41) is 0. The van der Waals surface area contributed by atoms with Crippen LogP contribution in [-0.4, -0.2) is 29.9 Å². The standard InChI is InChI=1S/C18H22O4S/c1-12(2)17(21-13(3)19)10-15-9-14(18(20)22-15)11-23-16-7-5-4-6-8-16/h4-9,12,15,17H,10-11H2,1-3H3/t15-,17+/m0/s1. The zero-order valence-corrected chi connectivity index (χ0v) is 14.5. The molecule has 0 unspecified atom stereocenters. The predicted octanol–water partition coefficient (Wildman–Crippen LogP) is 3.61. The molecule has 0 aromatic heterocycles. The molecular formula is C18H22O4S. The van der Waals surface area contributed by atoms with Crippen LogP contribution < -0.4 is 0 Å². The second kappa shape index (κ2) is 8.20. The van der Waals surface area contributed by atoms with Crippen LogP contribution >= 0.6 is 11.8 Å². The van der Waals surface area contributed by atoms with E-state index in [1.54, 1.807) is 11.8 Å². The molecule has 0 N–H and O–H groups in total. The molecule has 4 nitrogen and oxygen atoms in total. The Morgan fingerprint density at radius 3 is 2.61 bits per heavy atom. The third-order valence-corrected chi connectivity index (χ3v) is 4.63. The largest absolute Gasteiger partial charge is 0.462 e. The first-order chi connectivity index (χ1) is 11.0. The van der Waals surface area contributed by atoms with Gasteiger partial charge in [-0.15, -0.1) is 11.8 Å². The van der Waals surface area contributed by atoms with Gasteiger partial charge in [-0.1, -0.05) is 32.0 Å². The molecule has 1 aromatic carbocycles. The Morgan fingerprint density at radius 1 is 1.30 bits per heavy atom. The Balaban J connectivity index is 1.93. The van der Waals surface area contributed by atoms with Gasteiger partial charge in [-0.25, -0.2) is 4.79 Å². The van der Waals surface area contributed by atoms with Gasteiger partial charge in [0.05, 0.1) is 0 Å². The molecule has 1 aliphatic heterocycles. The zero-order chi connectivity index (χ0) is 16.8. The van der Waals surface area contributed by atoms with Crippen molar-refractivity contribution in [2.24, 2.45) is 5.92 Å². The van der Waals surface area contributed by atoms with E-state index in [9.17, 15) is 9.59 Å². The summed E-state index contributed by atoms with van der Waals surface area (Å²) in [5.41, 5.74) is 0.675. The molecule has 0 bridgehead atoms. The van der Waals surface area contributed by atoms with Crippen molar-refractivity contribution in [3.63, 3.8) is 0 Å². The number of carbonyl (C=O) groups is 2. The lowest BCUT2D eigenvalue weighted by Gasteiger charge is -2.22. The highest BCUT2D eigenvalue weighted by Gasteiger charge is 2.29. The van der Waals surface area contributed by atoms with Crippen LogP contribution in [0.25, 0.3) is 0 Å². The lowest BCUT2D eigenvalue weighted by Crippen LogP contribution is -2.27.